The van der Waals surface area contributed by atoms with Gasteiger partial charge in [-0.3, -0.25) is 4.79 Å². The summed E-state index contributed by atoms with van der Waals surface area (Å²) in [6, 6.07) is 17.0. The topological polar surface area (TPSA) is 35.5 Å². The summed E-state index contributed by atoms with van der Waals surface area (Å²) in [4.78, 5) is 11.5. The third-order valence-corrected chi connectivity index (χ3v) is 2.89. The molecule has 1 unspecified atom stereocenters. The number of hydrogen-bond donors (Lipinski definition) is 0. The number of methoxy groups -OCH3 is 1. The standard InChI is InChI=1S/C16H16O3/c1-12(16(17)18-2)13-7-6-10-15(11-13)19-14-8-4-3-5-9-14/h3-12H,1-2H3. The van der Waals surface area contributed by atoms with E-state index >= 15 is 0 Å². The Kier molecular flexibility index (Phi) is 4.18. The average Bonchev–Trinajstić information content (AvgIpc) is 2.47. The SMILES string of the molecule is COC(=O)C(C)c1cccc(Oc2ccccc2)c1. The highest BCUT2D eigenvalue weighted by molar-refractivity contribution is 5.77. The molecule has 3 heteroatoms. The van der Waals surface area contributed by atoms with Crippen LogP contribution in [-0.2, 0) is 9.53 Å². The van der Waals surface area contributed by atoms with Crippen LogP contribution in [0, 0.1) is 0 Å². The summed E-state index contributed by atoms with van der Waals surface area (Å²) in [6.45, 7) is 1.81. The molecule has 2 rings (SSSR count). The van der Waals surface area contributed by atoms with Crippen molar-refractivity contribution in [2.45, 2.75) is 12.8 Å². The lowest BCUT2D eigenvalue weighted by atomic mass is 10.0. The lowest BCUT2D eigenvalue weighted by Gasteiger charge is -2.11. The van der Waals surface area contributed by atoms with E-state index in [9.17, 15) is 4.79 Å². The molecule has 0 aliphatic heterocycles. The first-order valence-corrected chi connectivity index (χ1v) is 6.11. The molecule has 0 heterocycles. The van der Waals surface area contributed by atoms with E-state index in [1.165, 1.54) is 7.11 Å². The van der Waals surface area contributed by atoms with Crippen molar-refractivity contribution in [3.05, 3.63) is 60.2 Å². The first-order valence-electron chi connectivity index (χ1n) is 6.11. The fourth-order valence-corrected chi connectivity index (χ4v) is 1.78. The predicted octanol–water partition coefficient (Wildman–Crippen LogP) is 3.76. The summed E-state index contributed by atoms with van der Waals surface area (Å²) in [5.74, 6) is 0.922. The van der Waals surface area contributed by atoms with Gasteiger partial charge in [-0.15, -0.1) is 0 Å². The zero-order chi connectivity index (χ0) is 13.7. The van der Waals surface area contributed by atoms with Gasteiger partial charge < -0.3 is 9.47 Å². The highest BCUT2D eigenvalue weighted by Crippen LogP contribution is 2.25. The van der Waals surface area contributed by atoms with Crippen LogP contribution in [0.15, 0.2) is 54.6 Å². The van der Waals surface area contributed by atoms with Crippen LogP contribution >= 0.6 is 0 Å². The number of carbonyl (C=O) groups excluding carboxylic acids is 1. The van der Waals surface area contributed by atoms with Crippen LogP contribution in [-0.4, -0.2) is 13.1 Å². The van der Waals surface area contributed by atoms with Gasteiger partial charge in [-0.1, -0.05) is 30.3 Å². The summed E-state index contributed by atoms with van der Waals surface area (Å²) in [5.41, 5.74) is 0.875. The molecule has 0 radical (unpaired) electrons. The van der Waals surface area contributed by atoms with Crippen molar-refractivity contribution in [1.82, 2.24) is 0 Å². The molecule has 0 spiro atoms. The molecular weight excluding hydrogens is 240 g/mol. The highest BCUT2D eigenvalue weighted by atomic mass is 16.5. The van der Waals surface area contributed by atoms with Gasteiger partial charge in [-0.25, -0.2) is 0 Å². The van der Waals surface area contributed by atoms with E-state index in [0.29, 0.717) is 5.75 Å². The van der Waals surface area contributed by atoms with E-state index in [1.54, 1.807) is 0 Å². The number of benzene rings is 2. The molecule has 1 atom stereocenters. The van der Waals surface area contributed by atoms with Gasteiger partial charge in [0.05, 0.1) is 13.0 Å². The molecule has 98 valence electrons. The monoisotopic (exact) mass is 256 g/mol. The summed E-state index contributed by atoms with van der Waals surface area (Å²) < 4.78 is 10.5. The molecule has 0 amide bonds. The summed E-state index contributed by atoms with van der Waals surface area (Å²) in [7, 11) is 1.39. The van der Waals surface area contributed by atoms with Crippen molar-refractivity contribution in [2.75, 3.05) is 7.11 Å². The minimum atomic E-state index is -0.302. The van der Waals surface area contributed by atoms with Gasteiger partial charge in [0.2, 0.25) is 0 Å². The molecule has 0 bridgehead atoms. The molecule has 0 saturated heterocycles. The lowest BCUT2D eigenvalue weighted by molar-refractivity contribution is -0.141. The van der Waals surface area contributed by atoms with E-state index in [2.05, 4.69) is 0 Å². The number of para-hydroxylation sites is 1. The Morgan fingerprint density at radius 2 is 1.68 bits per heavy atom. The molecule has 0 N–H and O–H groups in total. The lowest BCUT2D eigenvalue weighted by Crippen LogP contribution is -2.10. The van der Waals surface area contributed by atoms with Crippen LogP contribution in [0.25, 0.3) is 0 Å². The molecule has 0 aliphatic rings. The van der Waals surface area contributed by atoms with Crippen LogP contribution in [0.5, 0.6) is 11.5 Å². The van der Waals surface area contributed by atoms with E-state index in [-0.39, 0.29) is 11.9 Å². The molecule has 19 heavy (non-hydrogen) atoms. The van der Waals surface area contributed by atoms with Gasteiger partial charge in [-0.2, -0.15) is 0 Å². The second kappa shape index (κ2) is 6.05. The van der Waals surface area contributed by atoms with Crippen LogP contribution in [0.2, 0.25) is 0 Å². The zero-order valence-corrected chi connectivity index (χ0v) is 11.0. The molecule has 0 saturated carbocycles. The van der Waals surface area contributed by atoms with E-state index in [1.807, 2.05) is 61.5 Å². The summed E-state index contributed by atoms with van der Waals surface area (Å²) in [6.07, 6.45) is 0. The van der Waals surface area contributed by atoms with Crippen molar-refractivity contribution in [1.29, 1.82) is 0 Å². The Hall–Kier alpha value is -2.29. The Bertz CT molecular complexity index is 549. The zero-order valence-electron chi connectivity index (χ0n) is 11.0. The van der Waals surface area contributed by atoms with Crippen LogP contribution in [0.4, 0.5) is 0 Å². The first-order chi connectivity index (χ1) is 9.20. The van der Waals surface area contributed by atoms with Crippen molar-refractivity contribution in [3.8, 4) is 11.5 Å². The minimum Gasteiger partial charge on any atom is -0.469 e. The van der Waals surface area contributed by atoms with Crippen molar-refractivity contribution in [3.63, 3.8) is 0 Å². The number of esters is 1. The maximum Gasteiger partial charge on any atom is 0.312 e. The van der Waals surface area contributed by atoms with Crippen molar-refractivity contribution in [2.24, 2.45) is 0 Å². The first kappa shape index (κ1) is 13.1. The fourth-order valence-electron chi connectivity index (χ4n) is 1.78. The van der Waals surface area contributed by atoms with Gasteiger partial charge in [0.1, 0.15) is 11.5 Å². The summed E-state index contributed by atoms with van der Waals surface area (Å²) >= 11 is 0. The third-order valence-electron chi connectivity index (χ3n) is 2.89. The molecule has 0 aliphatic carbocycles. The Morgan fingerprint density at radius 3 is 2.37 bits per heavy atom. The van der Waals surface area contributed by atoms with Gasteiger partial charge in [0, 0.05) is 0 Å². The van der Waals surface area contributed by atoms with Gasteiger partial charge >= 0.3 is 5.97 Å². The molecule has 3 nitrogen and oxygen atoms in total. The molecule has 2 aromatic rings. The largest absolute Gasteiger partial charge is 0.469 e. The van der Waals surface area contributed by atoms with E-state index in [4.69, 9.17) is 9.47 Å². The Labute approximate surface area is 112 Å². The quantitative estimate of drug-likeness (QED) is 0.781. The van der Waals surface area contributed by atoms with Crippen LogP contribution in [0.3, 0.4) is 0 Å². The minimum absolute atomic E-state index is 0.253. The molecular formula is C16H16O3. The van der Waals surface area contributed by atoms with Crippen LogP contribution in [0.1, 0.15) is 18.4 Å². The van der Waals surface area contributed by atoms with E-state index in [0.717, 1.165) is 11.3 Å². The Balaban J connectivity index is 2.18. The van der Waals surface area contributed by atoms with Crippen molar-refractivity contribution < 1.29 is 14.3 Å². The average molecular weight is 256 g/mol. The summed E-state index contributed by atoms with van der Waals surface area (Å²) in [5, 5.41) is 0. The number of hydrogen-bond acceptors (Lipinski definition) is 3. The molecule has 0 aromatic heterocycles. The van der Waals surface area contributed by atoms with Gasteiger partial charge in [0.25, 0.3) is 0 Å². The second-order valence-corrected chi connectivity index (χ2v) is 4.23. The number of ether oxygens (including phenoxy) is 2. The number of carbonyl (C=O) groups is 1. The second-order valence-electron chi connectivity index (χ2n) is 4.23. The highest BCUT2D eigenvalue weighted by Gasteiger charge is 2.15. The van der Waals surface area contributed by atoms with Crippen LogP contribution < -0.4 is 4.74 Å². The smallest absolute Gasteiger partial charge is 0.312 e. The van der Waals surface area contributed by atoms with Crippen molar-refractivity contribution >= 4 is 5.97 Å². The predicted molar refractivity (Wildman–Crippen MR) is 73.4 cm³/mol. The maximum atomic E-state index is 11.5. The molecule has 0 fully saturated rings. The van der Waals surface area contributed by atoms with Gasteiger partial charge in [-0.05, 0) is 36.8 Å². The fraction of sp³-hybridized carbons (Fsp3) is 0.188. The Morgan fingerprint density at radius 1 is 1.00 bits per heavy atom. The number of rotatable bonds is 4. The third kappa shape index (κ3) is 3.35. The normalized spacial score (nSPS) is 11.7. The molecule has 2 aromatic carbocycles. The maximum absolute atomic E-state index is 11.5. The van der Waals surface area contributed by atoms with E-state index < -0.39 is 0 Å². The van der Waals surface area contributed by atoms with Gasteiger partial charge in [0.15, 0.2) is 0 Å².